The minimum Gasteiger partial charge on any atom is -0.388 e. The van der Waals surface area contributed by atoms with Gasteiger partial charge in [0, 0.05) is 0 Å². The Balaban J connectivity index is 2.34. The van der Waals surface area contributed by atoms with E-state index in [4.69, 9.17) is 4.74 Å². The fourth-order valence-corrected chi connectivity index (χ4v) is 3.30. The average Bonchev–Trinajstić information content (AvgIpc) is 2.12. The standard InChI is InChI=1S/C11H18BrNO3/c1-9(2,15)11(12)7-5-6-16-10(3,4)13(7)8(11)14/h7,15H,5-6H2,1-4H3. The van der Waals surface area contributed by atoms with Crippen molar-refractivity contribution >= 4 is 21.8 Å². The lowest BCUT2D eigenvalue weighted by molar-refractivity contribution is -0.239. The van der Waals surface area contributed by atoms with E-state index in [0.29, 0.717) is 6.61 Å². The van der Waals surface area contributed by atoms with Crippen molar-refractivity contribution in [2.24, 2.45) is 0 Å². The molecule has 0 saturated carbocycles. The van der Waals surface area contributed by atoms with Gasteiger partial charge < -0.3 is 14.7 Å². The number of β-lactam (4-membered cyclic amide) rings is 1. The molecule has 92 valence electrons. The highest BCUT2D eigenvalue weighted by molar-refractivity contribution is 9.10. The Morgan fingerprint density at radius 3 is 2.62 bits per heavy atom. The normalized spacial score (nSPS) is 38.0. The van der Waals surface area contributed by atoms with E-state index in [9.17, 15) is 9.90 Å². The number of alkyl halides is 1. The smallest absolute Gasteiger partial charge is 0.247 e. The number of carbonyl (C=O) groups is 1. The summed E-state index contributed by atoms with van der Waals surface area (Å²) in [5.41, 5.74) is -1.64. The van der Waals surface area contributed by atoms with Crippen LogP contribution in [0.25, 0.3) is 0 Å². The summed E-state index contributed by atoms with van der Waals surface area (Å²) in [5.74, 6) is -0.0882. The molecule has 2 unspecified atom stereocenters. The lowest BCUT2D eigenvalue weighted by Crippen LogP contribution is -2.83. The van der Waals surface area contributed by atoms with E-state index < -0.39 is 15.7 Å². The maximum atomic E-state index is 12.2. The lowest BCUT2D eigenvalue weighted by atomic mass is 9.72. The molecule has 2 rings (SSSR count). The summed E-state index contributed by atoms with van der Waals surface area (Å²) in [6.07, 6.45) is 0.754. The number of carbonyl (C=O) groups excluding carboxylic acids is 1. The first-order valence-corrected chi connectivity index (χ1v) is 6.30. The molecule has 2 heterocycles. The number of amides is 1. The Hall–Kier alpha value is -0.130. The SMILES string of the molecule is CC1(C)OCCC2N1C(=O)C2(Br)C(C)(C)O. The zero-order valence-corrected chi connectivity index (χ0v) is 11.7. The molecule has 16 heavy (non-hydrogen) atoms. The number of halogens is 1. The van der Waals surface area contributed by atoms with Crippen molar-refractivity contribution in [1.82, 2.24) is 4.90 Å². The van der Waals surface area contributed by atoms with Crippen molar-refractivity contribution in [2.75, 3.05) is 6.61 Å². The van der Waals surface area contributed by atoms with Crippen LogP contribution in [0.1, 0.15) is 34.1 Å². The van der Waals surface area contributed by atoms with Gasteiger partial charge in [0.15, 0.2) is 4.32 Å². The maximum absolute atomic E-state index is 12.2. The fourth-order valence-electron chi connectivity index (χ4n) is 2.68. The van der Waals surface area contributed by atoms with Gasteiger partial charge in [-0.3, -0.25) is 4.79 Å². The molecular formula is C11H18BrNO3. The van der Waals surface area contributed by atoms with Gasteiger partial charge in [-0.1, -0.05) is 15.9 Å². The molecule has 2 atom stereocenters. The molecule has 2 aliphatic rings. The van der Waals surface area contributed by atoms with Gasteiger partial charge in [-0.15, -0.1) is 0 Å². The molecule has 1 N–H and O–H groups in total. The monoisotopic (exact) mass is 291 g/mol. The van der Waals surface area contributed by atoms with Gasteiger partial charge in [0.25, 0.3) is 0 Å². The average molecular weight is 292 g/mol. The van der Waals surface area contributed by atoms with E-state index in [0.717, 1.165) is 6.42 Å². The third kappa shape index (κ3) is 1.31. The number of nitrogens with zero attached hydrogens (tertiary/aromatic N) is 1. The maximum Gasteiger partial charge on any atom is 0.247 e. The van der Waals surface area contributed by atoms with Crippen molar-refractivity contribution in [3.63, 3.8) is 0 Å². The third-order valence-corrected chi connectivity index (χ3v) is 5.46. The highest BCUT2D eigenvalue weighted by Crippen LogP contribution is 2.52. The molecule has 4 nitrogen and oxygen atoms in total. The van der Waals surface area contributed by atoms with Crippen LogP contribution in [0, 0.1) is 0 Å². The second-order valence-corrected chi connectivity index (χ2v) is 6.80. The van der Waals surface area contributed by atoms with Gasteiger partial charge in [-0.25, -0.2) is 0 Å². The molecule has 0 aliphatic carbocycles. The van der Waals surface area contributed by atoms with Crippen LogP contribution in [0.15, 0.2) is 0 Å². The molecule has 0 bridgehead atoms. The van der Waals surface area contributed by atoms with E-state index in [1.165, 1.54) is 0 Å². The number of rotatable bonds is 1. The van der Waals surface area contributed by atoms with Crippen LogP contribution in [0.2, 0.25) is 0 Å². The van der Waals surface area contributed by atoms with Crippen molar-refractivity contribution in [3.8, 4) is 0 Å². The van der Waals surface area contributed by atoms with Crippen LogP contribution in [-0.2, 0) is 9.53 Å². The zero-order chi connectivity index (χ0) is 12.4. The molecule has 2 saturated heterocycles. The summed E-state index contributed by atoms with van der Waals surface area (Å²) in [5, 5.41) is 10.1. The van der Waals surface area contributed by atoms with Crippen LogP contribution in [0.5, 0.6) is 0 Å². The zero-order valence-electron chi connectivity index (χ0n) is 10.1. The van der Waals surface area contributed by atoms with Crippen LogP contribution < -0.4 is 0 Å². The molecule has 0 aromatic rings. The number of hydrogen-bond acceptors (Lipinski definition) is 3. The van der Waals surface area contributed by atoms with Crippen molar-refractivity contribution in [3.05, 3.63) is 0 Å². The number of fused-ring (bicyclic) bond motifs is 1. The molecule has 5 heteroatoms. The van der Waals surface area contributed by atoms with E-state index in [-0.39, 0.29) is 11.9 Å². The molecule has 0 spiro atoms. The first kappa shape index (κ1) is 12.3. The van der Waals surface area contributed by atoms with E-state index in [2.05, 4.69) is 15.9 Å². The summed E-state index contributed by atoms with van der Waals surface area (Å²) in [6, 6.07) is 0.00347. The van der Waals surface area contributed by atoms with Gasteiger partial charge in [-0.05, 0) is 34.1 Å². The summed E-state index contributed by atoms with van der Waals surface area (Å²) >= 11 is 3.45. The highest BCUT2D eigenvalue weighted by atomic mass is 79.9. The molecule has 0 aromatic carbocycles. The Kier molecular flexibility index (Phi) is 2.47. The van der Waals surface area contributed by atoms with Gasteiger partial charge in [0.2, 0.25) is 5.91 Å². The molecule has 2 aliphatic heterocycles. The van der Waals surface area contributed by atoms with E-state index in [1.807, 2.05) is 13.8 Å². The molecule has 2 fully saturated rings. The summed E-state index contributed by atoms with van der Waals surface area (Å²) < 4.78 is 4.72. The summed E-state index contributed by atoms with van der Waals surface area (Å²) in [6.45, 7) is 7.71. The highest BCUT2D eigenvalue weighted by Gasteiger charge is 2.70. The Morgan fingerprint density at radius 2 is 2.12 bits per heavy atom. The quantitative estimate of drug-likeness (QED) is 0.585. The first-order chi connectivity index (χ1) is 7.12. The number of ether oxygens (including phenoxy) is 1. The third-order valence-electron chi connectivity index (χ3n) is 3.62. The van der Waals surface area contributed by atoms with Crippen molar-refractivity contribution < 1.29 is 14.6 Å². The summed E-state index contributed by atoms with van der Waals surface area (Å²) in [7, 11) is 0. The predicted molar refractivity (Wildman–Crippen MR) is 63.2 cm³/mol. The Labute approximate surface area is 104 Å². The molecule has 0 aromatic heterocycles. The topological polar surface area (TPSA) is 49.8 Å². The molecule has 0 radical (unpaired) electrons. The van der Waals surface area contributed by atoms with Crippen molar-refractivity contribution in [2.45, 2.75) is 55.8 Å². The van der Waals surface area contributed by atoms with Crippen LogP contribution in [0.4, 0.5) is 0 Å². The van der Waals surface area contributed by atoms with Gasteiger partial charge in [0.1, 0.15) is 5.72 Å². The second-order valence-electron chi connectivity index (χ2n) is 5.55. The Bertz CT molecular complexity index is 333. The number of hydrogen-bond donors (Lipinski definition) is 1. The Morgan fingerprint density at radius 1 is 1.56 bits per heavy atom. The van der Waals surface area contributed by atoms with E-state index >= 15 is 0 Å². The first-order valence-electron chi connectivity index (χ1n) is 5.51. The molecule has 1 amide bonds. The van der Waals surface area contributed by atoms with Crippen LogP contribution in [0.3, 0.4) is 0 Å². The van der Waals surface area contributed by atoms with Crippen molar-refractivity contribution in [1.29, 1.82) is 0 Å². The predicted octanol–water partition coefficient (Wildman–Crippen LogP) is 1.26. The lowest BCUT2D eigenvalue weighted by Gasteiger charge is -2.64. The fraction of sp³-hybridized carbons (Fsp3) is 0.909. The van der Waals surface area contributed by atoms with Crippen LogP contribution in [-0.4, -0.2) is 44.2 Å². The van der Waals surface area contributed by atoms with Gasteiger partial charge in [0.05, 0.1) is 18.2 Å². The van der Waals surface area contributed by atoms with Crippen LogP contribution >= 0.6 is 15.9 Å². The largest absolute Gasteiger partial charge is 0.388 e. The summed E-state index contributed by atoms with van der Waals surface area (Å²) in [4.78, 5) is 13.9. The minimum absolute atomic E-state index is 0.00347. The van der Waals surface area contributed by atoms with Gasteiger partial charge >= 0.3 is 0 Å². The second kappa shape index (κ2) is 3.21. The van der Waals surface area contributed by atoms with E-state index in [1.54, 1.807) is 18.7 Å². The van der Waals surface area contributed by atoms with Gasteiger partial charge in [-0.2, -0.15) is 0 Å². The number of aliphatic hydroxyl groups is 1. The minimum atomic E-state index is -1.07. The molecular weight excluding hydrogens is 274 g/mol.